The van der Waals surface area contributed by atoms with Gasteiger partial charge < -0.3 is 30.3 Å². The molecule has 63 heavy (non-hydrogen) atoms. The molecular weight excluding hydrogens is 797 g/mol. The smallest absolute Gasteiger partial charge is 0.337 e. The summed E-state index contributed by atoms with van der Waals surface area (Å²) in [4.78, 5) is 46.5. The van der Waals surface area contributed by atoms with Gasteiger partial charge in [0.25, 0.3) is 0 Å². The third-order valence-corrected chi connectivity index (χ3v) is 11.4. The molecule has 8 heterocycles. The number of carboxylic acid groups (broad SMARTS) is 1. The largest absolute Gasteiger partial charge is 0.478 e. The topological polar surface area (TPSA) is 180 Å². The summed E-state index contributed by atoms with van der Waals surface area (Å²) in [5.74, 6) is 2.04. The van der Waals surface area contributed by atoms with Gasteiger partial charge in [-0.05, 0) is 100 Å². The molecule has 0 bridgehead atoms. The van der Waals surface area contributed by atoms with Crippen LogP contribution in [0.4, 0.5) is 34.6 Å². The highest BCUT2D eigenvalue weighted by molar-refractivity contribution is 5.91. The summed E-state index contributed by atoms with van der Waals surface area (Å²) >= 11 is 0. The van der Waals surface area contributed by atoms with Crippen LogP contribution >= 0.6 is 0 Å². The minimum Gasteiger partial charge on any atom is -0.478 e. The summed E-state index contributed by atoms with van der Waals surface area (Å²) in [6.45, 7) is 6.50. The van der Waals surface area contributed by atoms with Gasteiger partial charge in [0.15, 0.2) is 11.3 Å². The molecule has 6 aromatic heterocycles. The van der Waals surface area contributed by atoms with E-state index in [0.717, 1.165) is 53.3 Å². The van der Waals surface area contributed by atoms with Gasteiger partial charge in [-0.3, -0.25) is 0 Å². The zero-order valence-corrected chi connectivity index (χ0v) is 35.1. The zero-order valence-electron chi connectivity index (χ0n) is 35.1. The van der Waals surface area contributed by atoms with Gasteiger partial charge in [0.1, 0.15) is 23.3 Å². The summed E-state index contributed by atoms with van der Waals surface area (Å²) in [6, 6.07) is 30.7. The second-order valence-electron chi connectivity index (χ2n) is 15.6. The van der Waals surface area contributed by atoms with Crippen LogP contribution in [-0.4, -0.2) is 88.5 Å². The standard InChI is InChI=1S/C24H24N6O2.C23H22N6O2/c1-16-6-5-12-29(16)22-10-4-9-21(27-22)26-20-15-19(28-30-13-11-25-23(20)30)17-7-3-8-18(14-17)24(31)32-2;1-15-5-4-11-28(15)21-9-3-8-20(26-21)25-19-14-18(27-29-12-10-24-22(19)29)16-6-2-7-17(13-16)23(30)31/h3-4,7-11,13-16H,5-6,12H2,1-2H3,(H,26,27);2-3,6-10,12-15H,4-5,11H2,1H3,(H,25,26)(H,30,31). The Kier molecular flexibility index (Phi) is 11.3. The van der Waals surface area contributed by atoms with Gasteiger partial charge in [-0.2, -0.15) is 10.2 Å². The number of hydrogen-bond acceptors (Lipinski definition) is 13. The number of carbonyl (C=O) groups excluding carboxylic acids is 1. The average molecular weight is 843 g/mol. The van der Waals surface area contributed by atoms with E-state index in [1.165, 1.54) is 32.8 Å². The second kappa shape index (κ2) is 17.6. The lowest BCUT2D eigenvalue weighted by Gasteiger charge is -2.23. The molecule has 0 amide bonds. The Morgan fingerprint density at radius 2 is 1.13 bits per heavy atom. The Balaban J connectivity index is 0.000000160. The van der Waals surface area contributed by atoms with Gasteiger partial charge in [-0.15, -0.1) is 0 Å². The number of anilines is 6. The first-order valence-corrected chi connectivity index (χ1v) is 20.9. The van der Waals surface area contributed by atoms with Crippen LogP contribution in [0.25, 0.3) is 33.8 Å². The van der Waals surface area contributed by atoms with E-state index < -0.39 is 5.97 Å². The number of hydrogen-bond donors (Lipinski definition) is 3. The molecule has 2 fully saturated rings. The fourth-order valence-corrected chi connectivity index (χ4v) is 8.16. The van der Waals surface area contributed by atoms with Crippen LogP contribution < -0.4 is 20.4 Å². The number of aromatic nitrogens is 8. The highest BCUT2D eigenvalue weighted by atomic mass is 16.5. The summed E-state index contributed by atoms with van der Waals surface area (Å²) in [5, 5.41) is 25.4. The molecule has 0 spiro atoms. The molecule has 10 rings (SSSR count). The molecule has 318 valence electrons. The van der Waals surface area contributed by atoms with E-state index in [2.05, 4.69) is 54.4 Å². The minimum absolute atomic E-state index is 0.216. The van der Waals surface area contributed by atoms with Crippen LogP contribution in [0.3, 0.4) is 0 Å². The maximum absolute atomic E-state index is 12.0. The first kappa shape index (κ1) is 40.5. The number of nitrogens with one attached hydrogen (secondary N) is 2. The van der Waals surface area contributed by atoms with Crippen LogP contribution in [0.5, 0.6) is 0 Å². The lowest BCUT2D eigenvalue weighted by atomic mass is 10.1. The van der Waals surface area contributed by atoms with Gasteiger partial charge in [0, 0.05) is 61.1 Å². The molecule has 2 aliphatic rings. The molecule has 0 aliphatic carbocycles. The van der Waals surface area contributed by atoms with E-state index in [9.17, 15) is 14.7 Å². The van der Waals surface area contributed by atoms with Crippen molar-refractivity contribution >= 4 is 57.9 Å². The number of rotatable bonds is 10. The quantitative estimate of drug-likeness (QED) is 0.112. The van der Waals surface area contributed by atoms with Crippen molar-refractivity contribution in [3.8, 4) is 22.5 Å². The summed E-state index contributed by atoms with van der Waals surface area (Å²) in [5.41, 5.74) is 6.44. The predicted molar refractivity (Wildman–Crippen MR) is 242 cm³/mol. The molecule has 16 heteroatoms. The Morgan fingerprint density at radius 3 is 1.59 bits per heavy atom. The van der Waals surface area contributed by atoms with Crippen LogP contribution in [-0.2, 0) is 4.74 Å². The molecule has 2 saturated heterocycles. The third-order valence-electron chi connectivity index (χ3n) is 11.4. The molecule has 2 atom stereocenters. The number of pyridine rings is 2. The van der Waals surface area contributed by atoms with Crippen molar-refractivity contribution in [1.29, 1.82) is 0 Å². The summed E-state index contributed by atoms with van der Waals surface area (Å²) in [7, 11) is 1.37. The van der Waals surface area contributed by atoms with E-state index >= 15 is 0 Å². The summed E-state index contributed by atoms with van der Waals surface area (Å²) < 4.78 is 8.24. The number of benzene rings is 2. The zero-order chi connectivity index (χ0) is 43.5. The Hall–Kier alpha value is -7.88. The average Bonchev–Trinajstić information content (AvgIpc) is 4.15. The first-order valence-electron chi connectivity index (χ1n) is 20.9. The summed E-state index contributed by atoms with van der Waals surface area (Å²) in [6.07, 6.45) is 11.7. The molecule has 0 saturated carbocycles. The van der Waals surface area contributed by atoms with Crippen molar-refractivity contribution in [2.45, 2.75) is 51.6 Å². The molecular formula is C47H46N12O4. The lowest BCUT2D eigenvalue weighted by molar-refractivity contribution is 0.0599. The van der Waals surface area contributed by atoms with Crippen LogP contribution in [0.1, 0.15) is 60.2 Å². The minimum atomic E-state index is -0.971. The van der Waals surface area contributed by atoms with E-state index in [-0.39, 0.29) is 11.5 Å². The predicted octanol–water partition coefficient (Wildman–Crippen LogP) is 8.53. The Labute approximate surface area is 363 Å². The lowest BCUT2D eigenvalue weighted by Crippen LogP contribution is -2.27. The first-order chi connectivity index (χ1) is 30.7. The number of aromatic carboxylic acids is 1. The molecule has 0 radical (unpaired) electrons. The van der Waals surface area contributed by atoms with Crippen molar-refractivity contribution in [3.05, 3.63) is 133 Å². The number of carboxylic acids is 1. The number of imidazole rings is 2. The fourth-order valence-electron chi connectivity index (χ4n) is 8.16. The van der Waals surface area contributed by atoms with Crippen molar-refractivity contribution in [2.75, 3.05) is 40.6 Å². The molecule has 2 aromatic carbocycles. The monoisotopic (exact) mass is 842 g/mol. The van der Waals surface area contributed by atoms with Gasteiger partial charge in [0.2, 0.25) is 0 Å². The number of esters is 1. The molecule has 2 aliphatic heterocycles. The number of ether oxygens (including phenoxy) is 1. The van der Waals surface area contributed by atoms with Crippen molar-refractivity contribution in [3.63, 3.8) is 0 Å². The SMILES string of the molecule is CC1CCCN1c1cccc(Nc2cc(-c3cccc(C(=O)O)c3)nn3ccnc23)n1.COC(=O)c1cccc(-c2cc(Nc3cccc(N4CCCC4C)n3)c3nccn3n2)c1. The van der Waals surface area contributed by atoms with Gasteiger partial charge in [-0.1, -0.05) is 36.4 Å². The number of methoxy groups -OCH3 is 1. The second-order valence-corrected chi connectivity index (χ2v) is 15.6. The van der Waals surface area contributed by atoms with E-state index in [4.69, 9.17) is 14.7 Å². The maximum atomic E-state index is 12.0. The van der Waals surface area contributed by atoms with Crippen molar-refractivity contribution in [1.82, 2.24) is 39.2 Å². The molecule has 2 unspecified atom stereocenters. The fraction of sp³-hybridized carbons (Fsp3) is 0.234. The van der Waals surface area contributed by atoms with Crippen molar-refractivity contribution in [2.24, 2.45) is 0 Å². The maximum Gasteiger partial charge on any atom is 0.337 e. The van der Waals surface area contributed by atoms with Gasteiger partial charge >= 0.3 is 11.9 Å². The molecule has 3 N–H and O–H groups in total. The van der Waals surface area contributed by atoms with E-state index in [1.54, 1.807) is 64.2 Å². The van der Waals surface area contributed by atoms with Crippen LogP contribution in [0.2, 0.25) is 0 Å². The van der Waals surface area contributed by atoms with Gasteiger partial charge in [0.05, 0.1) is 41.0 Å². The molecule has 8 aromatic rings. The van der Waals surface area contributed by atoms with Crippen LogP contribution in [0.15, 0.2) is 122 Å². The number of nitrogens with zero attached hydrogens (tertiary/aromatic N) is 10. The number of fused-ring (bicyclic) bond motifs is 2. The molecule has 16 nitrogen and oxygen atoms in total. The van der Waals surface area contributed by atoms with E-state index in [1.807, 2.05) is 66.7 Å². The van der Waals surface area contributed by atoms with Crippen LogP contribution in [0, 0.1) is 0 Å². The van der Waals surface area contributed by atoms with Gasteiger partial charge in [-0.25, -0.2) is 38.6 Å². The highest BCUT2D eigenvalue weighted by Crippen LogP contribution is 2.31. The Bertz CT molecular complexity index is 2950. The highest BCUT2D eigenvalue weighted by Gasteiger charge is 2.23. The normalized spacial score (nSPS) is 15.9. The van der Waals surface area contributed by atoms with E-state index in [0.29, 0.717) is 45.9 Å². The Morgan fingerprint density at radius 1 is 0.651 bits per heavy atom. The third kappa shape index (κ3) is 8.68. The number of carbonyl (C=O) groups is 2. The van der Waals surface area contributed by atoms with Crippen molar-refractivity contribution < 1.29 is 19.4 Å².